The molecule has 2 rings (SSSR count). The van der Waals surface area contributed by atoms with E-state index in [-0.39, 0.29) is 40.7 Å². The Morgan fingerprint density at radius 2 is 1.96 bits per heavy atom. The van der Waals surface area contributed by atoms with Gasteiger partial charge in [-0.2, -0.15) is 5.26 Å². The first-order valence-corrected chi connectivity index (χ1v) is 6.98. The van der Waals surface area contributed by atoms with Crippen LogP contribution in [0.4, 0.5) is 11.4 Å². The molecule has 0 saturated heterocycles. The number of aryl methyl sites for hydroxylation is 1. The van der Waals surface area contributed by atoms with Gasteiger partial charge in [0, 0.05) is 12.1 Å². The lowest BCUT2D eigenvalue weighted by atomic mass is 10.1. The Morgan fingerprint density at radius 3 is 2.57 bits per heavy atom. The fourth-order valence-corrected chi connectivity index (χ4v) is 2.17. The molecule has 0 bridgehead atoms. The van der Waals surface area contributed by atoms with Gasteiger partial charge < -0.3 is 10.2 Å². The highest BCUT2D eigenvalue weighted by molar-refractivity contribution is 5.57. The number of phenols is 1. The SMILES string of the molecule is CCn1c(O)c(C#N)c(C)c(N=Nc2cc(C)ccc2O)c1=O. The first-order chi connectivity index (χ1) is 10.9. The third kappa shape index (κ3) is 2.92. The highest BCUT2D eigenvalue weighted by Gasteiger charge is 2.18. The molecule has 0 fully saturated rings. The van der Waals surface area contributed by atoms with Gasteiger partial charge in [0.25, 0.3) is 5.56 Å². The summed E-state index contributed by atoms with van der Waals surface area (Å²) in [5.41, 5.74) is 0.741. The summed E-state index contributed by atoms with van der Waals surface area (Å²) < 4.78 is 1.05. The molecule has 1 aromatic carbocycles. The lowest BCUT2D eigenvalue weighted by Gasteiger charge is -2.10. The van der Waals surface area contributed by atoms with E-state index in [0.717, 1.165) is 10.1 Å². The van der Waals surface area contributed by atoms with Crippen molar-refractivity contribution in [3.8, 4) is 17.7 Å². The zero-order chi connectivity index (χ0) is 17.1. The van der Waals surface area contributed by atoms with Gasteiger partial charge in [0.05, 0.1) is 0 Å². The van der Waals surface area contributed by atoms with Crippen LogP contribution in [0.2, 0.25) is 0 Å². The molecular weight excluding hydrogens is 296 g/mol. The number of benzene rings is 1. The van der Waals surface area contributed by atoms with Crippen LogP contribution in [0.1, 0.15) is 23.6 Å². The standard InChI is InChI=1S/C16H16N4O3/c1-4-20-15(22)11(8-17)10(3)14(16(20)23)19-18-12-7-9(2)5-6-13(12)21/h5-7,21-22H,4H2,1-3H3. The number of aromatic hydroxyl groups is 2. The molecule has 7 nitrogen and oxygen atoms in total. The summed E-state index contributed by atoms with van der Waals surface area (Å²) in [4.78, 5) is 12.4. The molecule has 2 N–H and O–H groups in total. The zero-order valence-electron chi connectivity index (χ0n) is 13.0. The van der Waals surface area contributed by atoms with Gasteiger partial charge in [0.1, 0.15) is 23.1 Å². The summed E-state index contributed by atoms with van der Waals surface area (Å²) in [7, 11) is 0. The van der Waals surface area contributed by atoms with E-state index in [1.807, 2.05) is 13.0 Å². The van der Waals surface area contributed by atoms with Crippen molar-refractivity contribution in [1.82, 2.24) is 4.57 Å². The maximum Gasteiger partial charge on any atom is 0.281 e. The number of aromatic nitrogens is 1. The van der Waals surface area contributed by atoms with Crippen molar-refractivity contribution < 1.29 is 10.2 Å². The largest absolute Gasteiger partial charge is 0.506 e. The summed E-state index contributed by atoms with van der Waals surface area (Å²) in [5, 5.41) is 36.7. The van der Waals surface area contributed by atoms with Crippen molar-refractivity contribution in [1.29, 1.82) is 5.26 Å². The van der Waals surface area contributed by atoms with Gasteiger partial charge in [-0.3, -0.25) is 9.36 Å². The van der Waals surface area contributed by atoms with Gasteiger partial charge in [-0.25, -0.2) is 0 Å². The smallest absolute Gasteiger partial charge is 0.281 e. The van der Waals surface area contributed by atoms with Gasteiger partial charge in [0.2, 0.25) is 5.88 Å². The molecular formula is C16H16N4O3. The van der Waals surface area contributed by atoms with Gasteiger partial charge in [-0.05, 0) is 38.5 Å². The van der Waals surface area contributed by atoms with Crippen LogP contribution in [0.15, 0.2) is 33.2 Å². The van der Waals surface area contributed by atoms with Crippen LogP contribution in [0, 0.1) is 25.2 Å². The van der Waals surface area contributed by atoms with E-state index in [0.29, 0.717) is 0 Å². The van der Waals surface area contributed by atoms with Crippen LogP contribution in [0.5, 0.6) is 11.6 Å². The minimum atomic E-state index is -0.544. The second-order valence-corrected chi connectivity index (χ2v) is 5.03. The summed E-state index contributed by atoms with van der Waals surface area (Å²) in [6.45, 7) is 5.22. The molecule has 23 heavy (non-hydrogen) atoms. The van der Waals surface area contributed by atoms with Crippen LogP contribution in [-0.2, 0) is 6.54 Å². The van der Waals surface area contributed by atoms with Gasteiger partial charge in [-0.1, -0.05) is 6.07 Å². The third-order valence-corrected chi connectivity index (χ3v) is 3.47. The molecule has 0 aliphatic carbocycles. The molecule has 1 aromatic heterocycles. The van der Waals surface area contributed by atoms with Crippen molar-refractivity contribution in [2.24, 2.45) is 10.2 Å². The van der Waals surface area contributed by atoms with Crippen molar-refractivity contribution in [3.63, 3.8) is 0 Å². The molecule has 118 valence electrons. The molecule has 0 aliphatic rings. The molecule has 0 amide bonds. The average molecular weight is 312 g/mol. The maximum absolute atomic E-state index is 12.4. The predicted molar refractivity (Wildman–Crippen MR) is 84.5 cm³/mol. The van der Waals surface area contributed by atoms with E-state index in [1.165, 1.54) is 13.0 Å². The van der Waals surface area contributed by atoms with Gasteiger partial charge in [0.15, 0.2) is 5.69 Å². The van der Waals surface area contributed by atoms with E-state index >= 15 is 0 Å². The summed E-state index contributed by atoms with van der Waals surface area (Å²) in [6.07, 6.45) is 0. The van der Waals surface area contributed by atoms with Crippen LogP contribution in [0.25, 0.3) is 0 Å². The number of nitriles is 1. The van der Waals surface area contributed by atoms with Crippen molar-refractivity contribution >= 4 is 11.4 Å². The maximum atomic E-state index is 12.4. The Kier molecular flexibility index (Phi) is 4.46. The minimum absolute atomic E-state index is 0.0196. The number of azo groups is 1. The molecule has 0 atom stereocenters. The van der Waals surface area contributed by atoms with Crippen molar-refractivity contribution in [2.45, 2.75) is 27.3 Å². The molecule has 2 aromatic rings. The Morgan fingerprint density at radius 1 is 1.26 bits per heavy atom. The van der Waals surface area contributed by atoms with Crippen LogP contribution < -0.4 is 5.56 Å². The normalized spacial score (nSPS) is 10.9. The Balaban J connectivity index is 2.65. The van der Waals surface area contributed by atoms with E-state index in [2.05, 4.69) is 10.2 Å². The van der Waals surface area contributed by atoms with Gasteiger partial charge >= 0.3 is 0 Å². The summed E-state index contributed by atoms with van der Waals surface area (Å²) in [5.74, 6) is -0.443. The number of rotatable bonds is 3. The highest BCUT2D eigenvalue weighted by Crippen LogP contribution is 2.30. The van der Waals surface area contributed by atoms with E-state index in [1.54, 1.807) is 19.1 Å². The second-order valence-electron chi connectivity index (χ2n) is 5.03. The van der Waals surface area contributed by atoms with E-state index in [9.17, 15) is 15.0 Å². The Hall–Kier alpha value is -3.14. The first-order valence-electron chi connectivity index (χ1n) is 6.98. The number of phenolic OH excluding ortho intramolecular Hbond substituents is 1. The van der Waals surface area contributed by atoms with Crippen LogP contribution in [0.3, 0.4) is 0 Å². The van der Waals surface area contributed by atoms with Gasteiger partial charge in [-0.15, -0.1) is 10.2 Å². The fourth-order valence-electron chi connectivity index (χ4n) is 2.17. The minimum Gasteiger partial charge on any atom is -0.506 e. The molecule has 0 aliphatic heterocycles. The molecule has 0 spiro atoms. The highest BCUT2D eigenvalue weighted by atomic mass is 16.3. The predicted octanol–water partition coefficient (Wildman–Crippen LogP) is 3.18. The number of hydrogen-bond acceptors (Lipinski definition) is 6. The molecule has 0 radical (unpaired) electrons. The first kappa shape index (κ1) is 16.2. The summed E-state index contributed by atoms with van der Waals surface area (Å²) >= 11 is 0. The second kappa shape index (κ2) is 6.32. The monoisotopic (exact) mass is 312 g/mol. The van der Waals surface area contributed by atoms with Crippen molar-refractivity contribution in [3.05, 3.63) is 45.2 Å². The van der Waals surface area contributed by atoms with Crippen LogP contribution in [-0.4, -0.2) is 14.8 Å². The lowest BCUT2D eigenvalue weighted by Crippen LogP contribution is -2.20. The van der Waals surface area contributed by atoms with Crippen LogP contribution >= 0.6 is 0 Å². The van der Waals surface area contributed by atoms with E-state index in [4.69, 9.17) is 5.26 Å². The zero-order valence-corrected chi connectivity index (χ0v) is 13.0. The topological polar surface area (TPSA) is 111 Å². The third-order valence-electron chi connectivity index (χ3n) is 3.47. The molecule has 0 saturated carbocycles. The average Bonchev–Trinajstić information content (AvgIpc) is 2.51. The number of hydrogen-bond donors (Lipinski definition) is 2. The molecule has 0 unspecified atom stereocenters. The number of pyridine rings is 1. The molecule has 1 heterocycles. The molecule has 7 heteroatoms. The van der Waals surface area contributed by atoms with Crippen molar-refractivity contribution in [2.75, 3.05) is 0 Å². The number of nitrogens with zero attached hydrogens (tertiary/aromatic N) is 4. The Bertz CT molecular complexity index is 892. The Labute approximate surface area is 132 Å². The quantitative estimate of drug-likeness (QED) is 0.848. The summed E-state index contributed by atoms with van der Waals surface area (Å²) in [6, 6.07) is 6.69. The fraction of sp³-hybridized carbons (Fsp3) is 0.250. The lowest BCUT2D eigenvalue weighted by molar-refractivity contribution is 0.409. The van der Waals surface area contributed by atoms with E-state index < -0.39 is 5.56 Å².